The van der Waals surface area contributed by atoms with Gasteiger partial charge >= 0.3 is 0 Å². The van der Waals surface area contributed by atoms with Crippen molar-refractivity contribution in [3.05, 3.63) is 104 Å². The Bertz CT molecular complexity index is 2170. The van der Waals surface area contributed by atoms with Crippen LogP contribution in [0.2, 0.25) is 0 Å². The van der Waals surface area contributed by atoms with Crippen LogP contribution in [0.5, 0.6) is 0 Å². The summed E-state index contributed by atoms with van der Waals surface area (Å²) in [6.07, 6.45) is 5.55. The van der Waals surface area contributed by atoms with Crippen LogP contribution in [0.15, 0.2) is 104 Å². The molecule has 3 aromatic carbocycles. The summed E-state index contributed by atoms with van der Waals surface area (Å²) in [6, 6.07) is 28.9. The molecule has 0 spiro atoms. The van der Waals surface area contributed by atoms with Gasteiger partial charge < -0.3 is 0 Å². The van der Waals surface area contributed by atoms with Crippen molar-refractivity contribution in [3.8, 4) is 11.4 Å². The molecular weight excluding hydrogens is 442 g/mol. The van der Waals surface area contributed by atoms with Crippen LogP contribution in [0, 0.1) is 0 Å². The Hall–Kier alpha value is -5.03. The molecule has 5 nitrogen and oxygen atoms in total. The third-order valence-corrected chi connectivity index (χ3v) is 6.95. The normalized spacial score (nSPS) is 11.9. The Morgan fingerprint density at radius 2 is 1.06 bits per heavy atom. The van der Waals surface area contributed by atoms with Crippen molar-refractivity contribution < 1.29 is 0 Å². The fraction of sp³-hybridized carbons (Fsp3) is 0. The zero-order valence-corrected chi connectivity index (χ0v) is 19.1. The highest BCUT2D eigenvalue weighted by molar-refractivity contribution is 6.20. The molecule has 0 unspecified atom stereocenters. The van der Waals surface area contributed by atoms with E-state index >= 15 is 0 Å². The summed E-state index contributed by atoms with van der Waals surface area (Å²) in [4.78, 5) is 24.4. The van der Waals surface area contributed by atoms with Gasteiger partial charge in [0.05, 0.1) is 39.0 Å². The predicted molar refractivity (Wildman–Crippen MR) is 146 cm³/mol. The highest BCUT2D eigenvalue weighted by Crippen LogP contribution is 2.36. The van der Waals surface area contributed by atoms with Crippen molar-refractivity contribution in [2.24, 2.45) is 0 Å². The van der Waals surface area contributed by atoms with E-state index < -0.39 is 0 Å². The van der Waals surface area contributed by atoms with Crippen molar-refractivity contribution in [3.63, 3.8) is 0 Å². The quantitative estimate of drug-likeness (QED) is 0.242. The Kier molecular flexibility index (Phi) is 3.88. The van der Waals surface area contributed by atoms with E-state index in [-0.39, 0.29) is 0 Å². The topological polar surface area (TPSA) is 64.5 Å². The summed E-state index contributed by atoms with van der Waals surface area (Å²) in [5.41, 5.74) is 6.09. The molecule has 0 bridgehead atoms. The number of hydrogen-bond acceptors (Lipinski definition) is 5. The number of fused-ring (bicyclic) bond motifs is 10. The van der Waals surface area contributed by atoms with Crippen LogP contribution in [0.25, 0.3) is 76.7 Å². The van der Waals surface area contributed by atoms with Gasteiger partial charge in [0.25, 0.3) is 0 Å². The van der Waals surface area contributed by atoms with E-state index in [0.717, 1.165) is 76.7 Å². The molecular formula is C31H17N5. The van der Waals surface area contributed by atoms with Crippen molar-refractivity contribution in [1.82, 2.24) is 24.9 Å². The molecule has 0 N–H and O–H groups in total. The van der Waals surface area contributed by atoms with Gasteiger partial charge in [0, 0.05) is 50.9 Å². The molecule has 0 saturated carbocycles. The van der Waals surface area contributed by atoms with Gasteiger partial charge in [0.1, 0.15) is 0 Å². The molecule has 0 aliphatic rings. The fourth-order valence-electron chi connectivity index (χ4n) is 5.25. The van der Waals surface area contributed by atoms with Crippen molar-refractivity contribution in [2.45, 2.75) is 0 Å². The molecule has 5 heteroatoms. The first-order valence-electron chi connectivity index (χ1n) is 11.8. The maximum Gasteiger partial charge on any atom is 0.0986 e. The average molecular weight is 460 g/mol. The first-order valence-corrected chi connectivity index (χ1v) is 11.8. The zero-order valence-electron chi connectivity index (χ0n) is 19.1. The van der Waals surface area contributed by atoms with E-state index in [0.29, 0.717) is 0 Å². The molecule has 0 aliphatic heterocycles. The number of pyridine rings is 5. The summed E-state index contributed by atoms with van der Waals surface area (Å²) < 4.78 is 0. The molecule has 0 fully saturated rings. The number of rotatable bonds is 1. The van der Waals surface area contributed by atoms with Gasteiger partial charge in [0.15, 0.2) is 0 Å². The van der Waals surface area contributed by atoms with E-state index in [1.165, 1.54) is 0 Å². The van der Waals surface area contributed by atoms with Crippen LogP contribution in [0.3, 0.4) is 0 Å². The lowest BCUT2D eigenvalue weighted by Gasteiger charge is -2.12. The fourth-order valence-corrected chi connectivity index (χ4v) is 5.25. The molecule has 36 heavy (non-hydrogen) atoms. The highest BCUT2D eigenvalue weighted by Gasteiger charge is 2.16. The van der Waals surface area contributed by atoms with Gasteiger partial charge in [-0.1, -0.05) is 60.7 Å². The third kappa shape index (κ3) is 2.68. The van der Waals surface area contributed by atoms with E-state index in [1.807, 2.05) is 36.8 Å². The number of benzene rings is 3. The molecule has 8 aromatic rings. The summed E-state index contributed by atoms with van der Waals surface area (Å²) in [5, 5.41) is 7.35. The van der Waals surface area contributed by atoms with Crippen LogP contribution in [0.4, 0.5) is 0 Å². The average Bonchev–Trinajstić information content (AvgIpc) is 2.96. The van der Waals surface area contributed by atoms with E-state index in [4.69, 9.17) is 15.0 Å². The van der Waals surface area contributed by atoms with Crippen LogP contribution in [-0.2, 0) is 0 Å². The molecule has 5 aromatic heterocycles. The molecule has 8 rings (SSSR count). The second-order valence-electron chi connectivity index (χ2n) is 8.97. The number of hydrogen-bond donors (Lipinski definition) is 0. The molecule has 5 heterocycles. The maximum absolute atomic E-state index is 5.24. The Morgan fingerprint density at radius 1 is 0.389 bits per heavy atom. The van der Waals surface area contributed by atoms with Crippen LogP contribution < -0.4 is 0 Å². The maximum atomic E-state index is 5.24. The zero-order chi connectivity index (χ0) is 23.6. The van der Waals surface area contributed by atoms with Crippen LogP contribution in [0.1, 0.15) is 0 Å². The van der Waals surface area contributed by atoms with Crippen molar-refractivity contribution in [1.29, 1.82) is 0 Å². The molecule has 0 radical (unpaired) electrons. The molecule has 166 valence electrons. The van der Waals surface area contributed by atoms with E-state index in [1.54, 1.807) is 0 Å². The molecule has 0 amide bonds. The minimum atomic E-state index is 0.822. The predicted octanol–water partition coefficient (Wildman–Crippen LogP) is 7.25. The Morgan fingerprint density at radius 3 is 1.86 bits per heavy atom. The van der Waals surface area contributed by atoms with Gasteiger partial charge in [-0.15, -0.1) is 0 Å². The van der Waals surface area contributed by atoms with Crippen LogP contribution >= 0.6 is 0 Å². The highest BCUT2D eigenvalue weighted by atomic mass is 14.8. The van der Waals surface area contributed by atoms with Gasteiger partial charge in [-0.25, -0.2) is 9.97 Å². The van der Waals surface area contributed by atoms with Crippen molar-refractivity contribution in [2.75, 3.05) is 0 Å². The Balaban J connectivity index is 1.51. The third-order valence-electron chi connectivity index (χ3n) is 6.95. The van der Waals surface area contributed by atoms with Crippen LogP contribution in [-0.4, -0.2) is 24.9 Å². The SMILES string of the molecule is c1cnc2c(c1)ccc1ccc(-c3nc4c(cnc5c4ccc4cccnc45)c4ccccc34)nc12. The van der Waals surface area contributed by atoms with Gasteiger partial charge in [-0.2, -0.15) is 0 Å². The summed E-state index contributed by atoms with van der Waals surface area (Å²) in [5.74, 6) is 0. The van der Waals surface area contributed by atoms with Gasteiger partial charge in [-0.3, -0.25) is 15.0 Å². The summed E-state index contributed by atoms with van der Waals surface area (Å²) in [7, 11) is 0. The lowest BCUT2D eigenvalue weighted by atomic mass is 10.0. The van der Waals surface area contributed by atoms with Gasteiger partial charge in [0.2, 0.25) is 0 Å². The smallest absolute Gasteiger partial charge is 0.0986 e. The Labute approximate surface area is 205 Å². The molecule has 0 atom stereocenters. The summed E-state index contributed by atoms with van der Waals surface area (Å²) in [6.45, 7) is 0. The lowest BCUT2D eigenvalue weighted by Crippen LogP contribution is -1.95. The first kappa shape index (κ1) is 19.3. The number of nitrogens with zero attached hydrogens (tertiary/aromatic N) is 5. The molecule has 0 saturated heterocycles. The van der Waals surface area contributed by atoms with Gasteiger partial charge in [-0.05, 0) is 29.7 Å². The monoisotopic (exact) mass is 459 g/mol. The standard InChI is InChI=1S/C31H17N5/c1-2-8-22-21(7-1)24-17-34-31-23(13-11-19-6-4-16-33-27(19)31)29(24)36-30(22)25-14-12-20-10-9-18-5-3-15-32-26(18)28(20)35-25/h1-17H. The summed E-state index contributed by atoms with van der Waals surface area (Å²) >= 11 is 0. The first-order chi connectivity index (χ1) is 17.8. The van der Waals surface area contributed by atoms with Crippen molar-refractivity contribution >= 4 is 65.3 Å². The van der Waals surface area contributed by atoms with E-state index in [2.05, 4.69) is 76.7 Å². The second-order valence-corrected chi connectivity index (χ2v) is 8.97. The lowest BCUT2D eigenvalue weighted by molar-refractivity contribution is 1.33. The number of aromatic nitrogens is 5. The minimum absolute atomic E-state index is 0.822. The molecule has 0 aliphatic carbocycles. The largest absolute Gasteiger partial charge is 0.254 e. The van der Waals surface area contributed by atoms with E-state index in [9.17, 15) is 0 Å². The minimum Gasteiger partial charge on any atom is -0.254 e. The second kappa shape index (κ2) is 7.23.